The number of rotatable bonds is 6. The van der Waals surface area contributed by atoms with Crippen molar-refractivity contribution in [2.75, 3.05) is 0 Å². The summed E-state index contributed by atoms with van der Waals surface area (Å²) < 4.78 is 59.6. The van der Waals surface area contributed by atoms with E-state index in [1.54, 1.807) is 0 Å². The number of benzene rings is 2. The number of unbranched alkanes of at least 4 members (excludes halogenated alkanes) is 1. The molecule has 0 N–H and O–H groups in total. The summed E-state index contributed by atoms with van der Waals surface area (Å²) >= 11 is 0. The van der Waals surface area contributed by atoms with E-state index < -0.39 is 18.2 Å². The maximum Gasteiger partial charge on any atom is 0.387 e. The number of halogens is 4. The van der Waals surface area contributed by atoms with E-state index in [1.807, 2.05) is 0 Å². The van der Waals surface area contributed by atoms with Crippen molar-refractivity contribution >= 4 is 0 Å². The third-order valence-corrected chi connectivity index (χ3v) is 6.77. The van der Waals surface area contributed by atoms with Crippen LogP contribution in [0.25, 0.3) is 11.1 Å². The van der Waals surface area contributed by atoms with Crippen molar-refractivity contribution in [3.05, 3.63) is 65.2 Å². The lowest BCUT2D eigenvalue weighted by Crippen LogP contribution is -2.28. The van der Waals surface area contributed by atoms with Gasteiger partial charge in [-0.05, 0) is 91.2 Å². The van der Waals surface area contributed by atoms with Gasteiger partial charge in [0.25, 0.3) is 0 Å². The summed E-state index contributed by atoms with van der Waals surface area (Å²) in [6.45, 7) is -0.768. The highest BCUT2D eigenvalue weighted by molar-refractivity contribution is 5.68. The van der Waals surface area contributed by atoms with Crippen molar-refractivity contribution in [2.24, 2.45) is 11.8 Å². The van der Waals surface area contributed by atoms with Crippen LogP contribution in [0.1, 0.15) is 62.5 Å². The lowest BCUT2D eigenvalue weighted by Gasteiger charge is -2.40. The molecule has 0 aromatic heterocycles. The molecule has 3 unspecified atom stereocenters. The maximum absolute atomic E-state index is 15.5. The highest BCUT2D eigenvalue weighted by atomic mass is 19.3. The highest BCUT2D eigenvalue weighted by Gasteiger charge is 2.37. The lowest BCUT2D eigenvalue weighted by atomic mass is 9.65. The monoisotopic (exact) mass is 432 g/mol. The predicted molar refractivity (Wildman–Crippen MR) is 114 cm³/mol. The van der Waals surface area contributed by atoms with Gasteiger partial charge in [-0.1, -0.05) is 37.6 Å². The van der Waals surface area contributed by atoms with Crippen LogP contribution in [0.2, 0.25) is 0 Å². The third kappa shape index (κ3) is 4.65. The summed E-state index contributed by atoms with van der Waals surface area (Å²) in [4.78, 5) is 0. The average molecular weight is 433 g/mol. The Morgan fingerprint density at radius 3 is 2.58 bits per heavy atom. The summed E-state index contributed by atoms with van der Waals surface area (Å²) in [5.41, 5.74) is 1.68. The van der Waals surface area contributed by atoms with Crippen LogP contribution in [-0.4, -0.2) is 6.61 Å². The Balaban J connectivity index is 1.58. The lowest BCUT2D eigenvalue weighted by molar-refractivity contribution is -0.0498. The van der Waals surface area contributed by atoms with E-state index in [-0.39, 0.29) is 17.2 Å². The zero-order valence-electron chi connectivity index (χ0n) is 17.7. The minimum Gasteiger partial charge on any atom is -0.435 e. The molecule has 2 aliphatic carbocycles. The number of allylic oxidation sites excluding steroid dienone is 2. The van der Waals surface area contributed by atoms with Crippen molar-refractivity contribution < 1.29 is 22.3 Å². The van der Waals surface area contributed by atoms with E-state index >= 15 is 8.78 Å². The summed E-state index contributed by atoms with van der Waals surface area (Å²) in [6.07, 6.45) is 11.5. The number of alkyl halides is 2. The number of hydrogen-bond donors (Lipinski definition) is 0. The quantitative estimate of drug-likeness (QED) is 0.332. The van der Waals surface area contributed by atoms with Gasteiger partial charge in [0.1, 0.15) is 17.4 Å². The van der Waals surface area contributed by atoms with Gasteiger partial charge in [0.2, 0.25) is 0 Å². The topological polar surface area (TPSA) is 9.23 Å². The first-order valence-corrected chi connectivity index (χ1v) is 11.2. The van der Waals surface area contributed by atoms with Crippen LogP contribution in [0.4, 0.5) is 17.6 Å². The largest absolute Gasteiger partial charge is 0.435 e. The van der Waals surface area contributed by atoms with E-state index in [4.69, 9.17) is 0 Å². The van der Waals surface area contributed by atoms with Gasteiger partial charge in [-0.25, -0.2) is 8.78 Å². The molecule has 0 amide bonds. The molecule has 0 heterocycles. The van der Waals surface area contributed by atoms with Crippen LogP contribution in [0.3, 0.4) is 0 Å². The van der Waals surface area contributed by atoms with Crippen molar-refractivity contribution in [3.8, 4) is 16.9 Å². The Labute approximate surface area is 181 Å². The van der Waals surface area contributed by atoms with Gasteiger partial charge < -0.3 is 4.74 Å². The molecular formula is C26H28F4O. The zero-order chi connectivity index (χ0) is 22.0. The molecule has 0 saturated heterocycles. The van der Waals surface area contributed by atoms with E-state index in [0.717, 1.165) is 44.1 Å². The number of fused-ring (bicyclic) bond motifs is 3. The molecule has 0 aliphatic heterocycles. The van der Waals surface area contributed by atoms with Gasteiger partial charge in [0.05, 0.1) is 5.56 Å². The fourth-order valence-electron chi connectivity index (χ4n) is 5.32. The molecular weight excluding hydrogens is 404 g/mol. The number of ether oxygens (including phenoxy) is 1. The second kappa shape index (κ2) is 9.46. The standard InChI is InChI=1S/C26H28F4O/c1-2-3-4-5-16-6-12-20-18(14-16)9-13-21-22(20)15-23(27)24(25(21)28)17-7-10-19(11-8-17)31-26(29)30/h4-5,7-8,10-11,15-16,18,20,26H,2-3,6,9,12-14H2,1H3. The van der Waals surface area contributed by atoms with E-state index in [2.05, 4.69) is 23.8 Å². The normalized spacial score (nSPS) is 23.1. The first-order chi connectivity index (χ1) is 15.0. The van der Waals surface area contributed by atoms with Crippen molar-refractivity contribution in [2.45, 2.75) is 64.4 Å². The first-order valence-electron chi connectivity index (χ1n) is 11.2. The van der Waals surface area contributed by atoms with Crippen LogP contribution in [0.5, 0.6) is 5.75 Å². The molecule has 5 heteroatoms. The molecule has 1 saturated carbocycles. The Kier molecular flexibility index (Phi) is 6.68. The van der Waals surface area contributed by atoms with Gasteiger partial charge in [0, 0.05) is 0 Å². The smallest absolute Gasteiger partial charge is 0.387 e. The van der Waals surface area contributed by atoms with Crippen LogP contribution in [-0.2, 0) is 6.42 Å². The second-order valence-corrected chi connectivity index (χ2v) is 8.71. The van der Waals surface area contributed by atoms with Gasteiger partial charge >= 0.3 is 6.61 Å². The summed E-state index contributed by atoms with van der Waals surface area (Å²) in [5.74, 6) is 0.0974. The molecule has 0 spiro atoms. The average Bonchev–Trinajstić information content (AvgIpc) is 2.74. The maximum atomic E-state index is 15.5. The Hall–Kier alpha value is -2.30. The van der Waals surface area contributed by atoms with Crippen molar-refractivity contribution in [1.29, 1.82) is 0 Å². The van der Waals surface area contributed by atoms with Crippen molar-refractivity contribution in [3.63, 3.8) is 0 Å². The third-order valence-electron chi connectivity index (χ3n) is 6.77. The summed E-state index contributed by atoms with van der Waals surface area (Å²) in [7, 11) is 0. The molecule has 2 aromatic carbocycles. The Morgan fingerprint density at radius 2 is 1.87 bits per heavy atom. The van der Waals surface area contributed by atoms with Crippen molar-refractivity contribution in [1.82, 2.24) is 0 Å². The highest BCUT2D eigenvalue weighted by Crippen LogP contribution is 2.49. The molecule has 3 atom stereocenters. The van der Waals surface area contributed by atoms with Crippen LogP contribution >= 0.6 is 0 Å². The van der Waals surface area contributed by atoms with Gasteiger partial charge in [-0.3, -0.25) is 0 Å². The molecule has 166 valence electrons. The van der Waals surface area contributed by atoms with Crippen LogP contribution in [0, 0.1) is 23.5 Å². The SMILES string of the molecule is CCCC=CC1CCC2c3cc(F)c(-c4ccc(OC(F)F)cc4)c(F)c3CCC2C1. The Bertz CT molecular complexity index is 935. The minimum atomic E-state index is -2.94. The molecule has 1 nitrogen and oxygen atoms in total. The molecule has 0 radical (unpaired) electrons. The Morgan fingerprint density at radius 1 is 1.10 bits per heavy atom. The van der Waals surface area contributed by atoms with Crippen LogP contribution in [0.15, 0.2) is 42.5 Å². The van der Waals surface area contributed by atoms with E-state index in [0.29, 0.717) is 29.4 Å². The molecule has 1 fully saturated rings. The van der Waals surface area contributed by atoms with Gasteiger partial charge in [-0.2, -0.15) is 8.78 Å². The first kappa shape index (κ1) is 21.9. The zero-order valence-corrected chi connectivity index (χ0v) is 17.7. The van der Waals surface area contributed by atoms with Gasteiger partial charge in [-0.15, -0.1) is 0 Å². The van der Waals surface area contributed by atoms with E-state index in [9.17, 15) is 8.78 Å². The van der Waals surface area contributed by atoms with Gasteiger partial charge in [0.15, 0.2) is 0 Å². The molecule has 31 heavy (non-hydrogen) atoms. The van der Waals surface area contributed by atoms with Crippen LogP contribution < -0.4 is 4.74 Å². The molecule has 2 aromatic rings. The number of hydrogen-bond acceptors (Lipinski definition) is 1. The molecule has 2 aliphatic rings. The fourth-order valence-corrected chi connectivity index (χ4v) is 5.32. The second-order valence-electron chi connectivity index (χ2n) is 8.71. The van der Waals surface area contributed by atoms with E-state index in [1.165, 1.54) is 30.3 Å². The fraction of sp³-hybridized carbons (Fsp3) is 0.462. The molecule has 0 bridgehead atoms. The predicted octanol–water partition coefficient (Wildman–Crippen LogP) is 8.04. The summed E-state index contributed by atoms with van der Waals surface area (Å²) in [6, 6.07) is 6.98. The molecule has 4 rings (SSSR count). The minimum absolute atomic E-state index is 0.0369. The summed E-state index contributed by atoms with van der Waals surface area (Å²) in [5, 5.41) is 0.